The number of benzene rings is 3. The molecule has 0 atom stereocenters. The number of nitrogens with one attached hydrogen (secondary N) is 1. The fraction of sp³-hybridized carbons (Fsp3) is 0.0370. The van der Waals surface area contributed by atoms with Gasteiger partial charge in [0.15, 0.2) is 0 Å². The van der Waals surface area contributed by atoms with Gasteiger partial charge in [-0.15, -0.1) is 0 Å². The summed E-state index contributed by atoms with van der Waals surface area (Å²) in [7, 11) is 0. The fourth-order valence-corrected chi connectivity index (χ4v) is 4.00. The van der Waals surface area contributed by atoms with Crippen molar-refractivity contribution in [2.75, 3.05) is 0 Å². The lowest BCUT2D eigenvalue weighted by atomic mass is 10.1. The van der Waals surface area contributed by atoms with E-state index in [0.29, 0.717) is 11.6 Å². The molecule has 1 amide bonds. The van der Waals surface area contributed by atoms with Gasteiger partial charge in [-0.1, -0.05) is 41.9 Å². The molecule has 5 rings (SSSR count). The Morgan fingerprint density at radius 2 is 1.73 bits per heavy atom. The number of aromatic nitrogens is 2. The van der Waals surface area contributed by atoms with Crippen molar-refractivity contribution in [1.29, 1.82) is 0 Å². The molecule has 0 saturated heterocycles. The first-order valence-corrected chi connectivity index (χ1v) is 10.9. The summed E-state index contributed by atoms with van der Waals surface area (Å²) < 4.78 is 2.12. The quantitative estimate of drug-likeness (QED) is 0.327. The number of rotatable bonds is 5. The van der Waals surface area contributed by atoms with Gasteiger partial charge in [-0.25, -0.2) is 0 Å². The van der Waals surface area contributed by atoms with Crippen LogP contribution < -0.4 is 5.32 Å². The third-order valence-electron chi connectivity index (χ3n) is 5.46. The van der Waals surface area contributed by atoms with E-state index >= 15 is 0 Å². The maximum atomic E-state index is 12.3. The molecule has 0 saturated carbocycles. The molecule has 0 aliphatic carbocycles. The van der Waals surface area contributed by atoms with E-state index in [1.54, 1.807) is 30.3 Å². The van der Waals surface area contributed by atoms with Crippen LogP contribution in [0.15, 0.2) is 91.1 Å². The number of amides is 1. The average molecular weight is 454 g/mol. The maximum Gasteiger partial charge on any atom is 0.244 e. The summed E-state index contributed by atoms with van der Waals surface area (Å²) in [5, 5.41) is 15.4. The Kier molecular flexibility index (Phi) is 5.55. The largest absolute Gasteiger partial charge is 0.508 e. The Morgan fingerprint density at radius 1 is 0.970 bits per heavy atom. The summed E-state index contributed by atoms with van der Waals surface area (Å²) in [6, 6.07) is 24.5. The second-order valence-corrected chi connectivity index (χ2v) is 8.10. The molecule has 6 heteroatoms. The predicted molar refractivity (Wildman–Crippen MR) is 133 cm³/mol. The first kappa shape index (κ1) is 20.8. The number of carbonyl (C=O) groups is 1. The number of halogens is 1. The molecule has 0 radical (unpaired) electrons. The molecule has 2 N–H and O–H groups in total. The van der Waals surface area contributed by atoms with Gasteiger partial charge in [-0.3, -0.25) is 9.78 Å². The molecule has 2 heterocycles. The number of para-hydroxylation sites is 1. The van der Waals surface area contributed by atoms with Crippen molar-refractivity contribution >= 4 is 45.4 Å². The molecule has 0 aliphatic heterocycles. The zero-order valence-corrected chi connectivity index (χ0v) is 18.3. The first-order valence-electron chi connectivity index (χ1n) is 10.5. The monoisotopic (exact) mass is 453 g/mol. The Labute approximate surface area is 195 Å². The molecule has 3 aromatic carbocycles. The van der Waals surface area contributed by atoms with Crippen molar-refractivity contribution in [1.82, 2.24) is 14.9 Å². The third kappa shape index (κ3) is 4.31. The van der Waals surface area contributed by atoms with Gasteiger partial charge in [-0.2, -0.15) is 0 Å². The molecular weight excluding hydrogens is 434 g/mol. The molecule has 2 aromatic heterocycles. The van der Waals surface area contributed by atoms with Crippen LogP contribution in [0.3, 0.4) is 0 Å². The number of pyridine rings is 1. The molecular formula is C27H20ClN3O2. The number of phenolic OH excluding ortho intramolecular Hbond substituents is 1. The van der Waals surface area contributed by atoms with Crippen molar-refractivity contribution < 1.29 is 9.90 Å². The molecule has 5 nitrogen and oxygen atoms in total. The molecule has 33 heavy (non-hydrogen) atoms. The van der Waals surface area contributed by atoms with Crippen LogP contribution in [0.5, 0.6) is 5.75 Å². The van der Waals surface area contributed by atoms with Gasteiger partial charge >= 0.3 is 0 Å². The third-order valence-corrected chi connectivity index (χ3v) is 5.72. The SMILES string of the molecule is O=C(/C=C/c1ccc(Cl)cc1)NCc1cc2c3ccccc3n(-c3ccc(O)cc3)c2cn1. The second-order valence-electron chi connectivity index (χ2n) is 7.66. The van der Waals surface area contributed by atoms with Gasteiger partial charge in [0.2, 0.25) is 5.91 Å². The van der Waals surface area contributed by atoms with E-state index in [2.05, 4.69) is 27.0 Å². The van der Waals surface area contributed by atoms with Crippen LogP contribution in [0, 0.1) is 0 Å². The summed E-state index contributed by atoms with van der Waals surface area (Å²) in [5.74, 6) is 0.0270. The highest BCUT2D eigenvalue weighted by Gasteiger charge is 2.13. The van der Waals surface area contributed by atoms with E-state index in [0.717, 1.165) is 38.8 Å². The molecule has 162 valence electrons. The van der Waals surface area contributed by atoms with Gasteiger partial charge in [0, 0.05) is 27.6 Å². The van der Waals surface area contributed by atoms with E-state index in [4.69, 9.17) is 11.6 Å². The number of hydrogen-bond donors (Lipinski definition) is 2. The van der Waals surface area contributed by atoms with Crippen molar-refractivity contribution in [2.24, 2.45) is 0 Å². The van der Waals surface area contributed by atoms with E-state index in [9.17, 15) is 9.90 Å². The highest BCUT2D eigenvalue weighted by molar-refractivity contribution is 6.30. The Bertz CT molecular complexity index is 1490. The normalized spacial score (nSPS) is 11.4. The minimum Gasteiger partial charge on any atom is -0.508 e. The van der Waals surface area contributed by atoms with E-state index in [-0.39, 0.29) is 11.7 Å². The molecule has 0 spiro atoms. The van der Waals surface area contributed by atoms with Crippen LogP contribution in [0.1, 0.15) is 11.3 Å². The zero-order valence-electron chi connectivity index (χ0n) is 17.6. The Morgan fingerprint density at radius 3 is 2.52 bits per heavy atom. The Balaban J connectivity index is 1.41. The maximum absolute atomic E-state index is 12.3. The van der Waals surface area contributed by atoms with Crippen LogP contribution in [-0.2, 0) is 11.3 Å². The molecule has 0 aliphatic rings. The first-order chi connectivity index (χ1) is 16.1. The standard InChI is InChI=1S/C27H20ClN3O2/c28-19-8-5-18(6-9-19)7-14-27(33)30-16-20-15-24-23-3-1-2-4-25(23)31(26(24)17-29-20)21-10-12-22(32)13-11-21/h1-15,17,32H,16H2,(H,30,33)/b14-7+. The number of aromatic hydroxyl groups is 1. The summed E-state index contributed by atoms with van der Waals surface area (Å²) in [6.07, 6.45) is 5.07. The summed E-state index contributed by atoms with van der Waals surface area (Å²) in [6.45, 7) is 0.318. The van der Waals surface area contributed by atoms with E-state index < -0.39 is 0 Å². The van der Waals surface area contributed by atoms with Gasteiger partial charge < -0.3 is 15.0 Å². The predicted octanol–water partition coefficient (Wildman–Crippen LogP) is 5.87. The molecule has 0 bridgehead atoms. The molecule has 5 aromatic rings. The minimum atomic E-state index is -0.196. The Hall–Kier alpha value is -4.09. The van der Waals surface area contributed by atoms with Crippen LogP contribution in [0.4, 0.5) is 0 Å². The van der Waals surface area contributed by atoms with Gasteiger partial charge in [0.05, 0.1) is 29.5 Å². The number of nitrogens with zero attached hydrogens (tertiary/aromatic N) is 2. The lowest BCUT2D eigenvalue weighted by Crippen LogP contribution is -2.20. The van der Waals surface area contributed by atoms with Crippen LogP contribution in [0.2, 0.25) is 5.02 Å². The van der Waals surface area contributed by atoms with E-state index in [1.807, 2.05) is 48.7 Å². The summed E-state index contributed by atoms with van der Waals surface area (Å²) in [4.78, 5) is 16.9. The van der Waals surface area contributed by atoms with Gasteiger partial charge in [-0.05, 0) is 60.2 Å². The van der Waals surface area contributed by atoms with Crippen LogP contribution in [0.25, 0.3) is 33.6 Å². The fourth-order valence-electron chi connectivity index (χ4n) is 3.87. The van der Waals surface area contributed by atoms with Crippen molar-refractivity contribution in [3.05, 3.63) is 107 Å². The summed E-state index contributed by atoms with van der Waals surface area (Å²) in [5.41, 5.74) is 4.61. The smallest absolute Gasteiger partial charge is 0.244 e. The minimum absolute atomic E-state index is 0.196. The van der Waals surface area contributed by atoms with Gasteiger partial charge in [0.25, 0.3) is 0 Å². The summed E-state index contributed by atoms with van der Waals surface area (Å²) >= 11 is 5.89. The van der Waals surface area contributed by atoms with E-state index in [1.165, 1.54) is 6.08 Å². The highest BCUT2D eigenvalue weighted by Crippen LogP contribution is 2.32. The lowest BCUT2D eigenvalue weighted by Gasteiger charge is -2.08. The number of fused-ring (bicyclic) bond motifs is 3. The van der Waals surface area contributed by atoms with Crippen molar-refractivity contribution in [2.45, 2.75) is 6.54 Å². The molecule has 0 unspecified atom stereocenters. The number of hydrogen-bond acceptors (Lipinski definition) is 3. The number of phenols is 1. The highest BCUT2D eigenvalue weighted by atomic mass is 35.5. The zero-order chi connectivity index (χ0) is 22.8. The van der Waals surface area contributed by atoms with Crippen molar-refractivity contribution in [3.8, 4) is 11.4 Å². The lowest BCUT2D eigenvalue weighted by molar-refractivity contribution is -0.116. The van der Waals surface area contributed by atoms with Crippen LogP contribution >= 0.6 is 11.6 Å². The molecule has 0 fully saturated rings. The number of carbonyl (C=O) groups excluding carboxylic acids is 1. The average Bonchev–Trinajstić information content (AvgIpc) is 3.17. The van der Waals surface area contributed by atoms with Gasteiger partial charge in [0.1, 0.15) is 5.75 Å². The second kappa shape index (κ2) is 8.81. The van der Waals surface area contributed by atoms with Crippen LogP contribution in [-0.4, -0.2) is 20.6 Å². The topological polar surface area (TPSA) is 67.2 Å². The van der Waals surface area contributed by atoms with Crippen molar-refractivity contribution in [3.63, 3.8) is 0 Å².